The number of carboxylic acid groups (broad SMARTS) is 1. The third-order valence-corrected chi connectivity index (χ3v) is 5.45. The third-order valence-electron chi connectivity index (χ3n) is 4.01. The fourth-order valence-electron chi connectivity index (χ4n) is 2.58. The third kappa shape index (κ3) is 5.40. The van der Waals surface area contributed by atoms with Crippen molar-refractivity contribution in [1.29, 1.82) is 0 Å². The predicted octanol–water partition coefficient (Wildman–Crippen LogP) is 3.71. The number of nitrogens with zero attached hydrogens (tertiary/aromatic N) is 1. The number of hydrogen-bond donors (Lipinski definition) is 2. The summed E-state index contributed by atoms with van der Waals surface area (Å²) in [4.78, 5) is 11.1. The molecule has 0 spiro atoms. The minimum absolute atomic E-state index is 0.103. The lowest BCUT2D eigenvalue weighted by atomic mass is 9.93. The Morgan fingerprint density at radius 3 is 2.13 bits per heavy atom. The Hall–Kier alpha value is -2.83. The summed E-state index contributed by atoms with van der Waals surface area (Å²) in [6.07, 6.45) is -5.22. The van der Waals surface area contributed by atoms with Crippen LogP contribution in [0.4, 0.5) is 18.9 Å². The Balaban J connectivity index is 2.46. The fourth-order valence-corrected chi connectivity index (χ4v) is 3.98. The van der Waals surface area contributed by atoms with Gasteiger partial charge in [0.1, 0.15) is 0 Å². The van der Waals surface area contributed by atoms with Crippen molar-refractivity contribution in [1.82, 2.24) is 0 Å². The average Bonchev–Trinajstić information content (AvgIpc) is 2.69. The molecule has 2 aromatic carbocycles. The highest BCUT2D eigenvalue weighted by molar-refractivity contribution is 7.86. The Morgan fingerprint density at radius 2 is 1.67 bits per heavy atom. The number of aliphatic carboxylic acids is 1. The minimum Gasteiger partial charge on any atom is -0.472 e. The van der Waals surface area contributed by atoms with Crippen LogP contribution in [0.3, 0.4) is 0 Å². The van der Waals surface area contributed by atoms with Crippen LogP contribution in [0.2, 0.25) is 0 Å². The predicted molar refractivity (Wildman–Crippen MR) is 107 cm³/mol. The van der Waals surface area contributed by atoms with Gasteiger partial charge in [-0.2, -0.15) is 13.2 Å². The molecule has 0 bridgehead atoms. The van der Waals surface area contributed by atoms with E-state index in [0.29, 0.717) is 17.1 Å². The molecule has 5 nitrogen and oxygen atoms in total. The minimum atomic E-state index is -5.22. The first-order valence-electron chi connectivity index (χ1n) is 8.86. The van der Waals surface area contributed by atoms with Gasteiger partial charge >= 0.3 is 12.1 Å². The topological polar surface area (TPSA) is 77.8 Å². The van der Waals surface area contributed by atoms with Crippen LogP contribution >= 0.6 is 0 Å². The second-order valence-electron chi connectivity index (χ2n) is 6.83. The highest BCUT2D eigenvalue weighted by Gasteiger charge is 2.54. The maximum absolute atomic E-state index is 13.4. The van der Waals surface area contributed by atoms with E-state index >= 15 is 0 Å². The average molecular weight is 439 g/mol. The Kier molecular flexibility index (Phi) is 7.29. The molecule has 9 heteroatoms. The first-order chi connectivity index (χ1) is 14.0. The number of alkyl halides is 3. The van der Waals surface area contributed by atoms with E-state index in [1.54, 1.807) is 34.6 Å². The van der Waals surface area contributed by atoms with E-state index in [1.165, 1.54) is 24.0 Å². The van der Waals surface area contributed by atoms with Crippen LogP contribution in [-0.2, 0) is 21.4 Å². The van der Waals surface area contributed by atoms with Crippen molar-refractivity contribution in [3.63, 3.8) is 0 Å². The molecule has 0 aliphatic heterocycles. The largest absolute Gasteiger partial charge is 0.472 e. The van der Waals surface area contributed by atoms with E-state index in [9.17, 15) is 27.3 Å². The molecule has 0 aromatic heterocycles. The number of rotatable bonds is 6. The summed E-state index contributed by atoms with van der Waals surface area (Å²) >= 11 is 0. The quantitative estimate of drug-likeness (QED) is 0.673. The maximum Gasteiger partial charge on any atom is 0.433 e. The number of carbonyl (C=O) groups is 1. The van der Waals surface area contributed by atoms with Crippen molar-refractivity contribution in [3.8, 4) is 11.8 Å². The lowest BCUT2D eigenvalue weighted by molar-refractivity contribution is -0.240. The number of aliphatic hydroxyl groups is 1. The number of anilines is 1. The van der Waals surface area contributed by atoms with Gasteiger partial charge in [0.05, 0.1) is 4.90 Å². The molecule has 0 aliphatic rings. The summed E-state index contributed by atoms with van der Waals surface area (Å²) in [5, 5.41) is 18.7. The SMILES string of the molecule is CC(C)CN(c1ccc(C(O)(C#CC(=O)O)C(F)(F)F)cc1)S(=O)c1ccccc1. The summed E-state index contributed by atoms with van der Waals surface area (Å²) in [6.45, 7) is 4.18. The molecule has 0 radical (unpaired) electrons. The summed E-state index contributed by atoms with van der Waals surface area (Å²) in [6, 6.07) is 13.2. The van der Waals surface area contributed by atoms with E-state index in [-0.39, 0.29) is 5.92 Å². The van der Waals surface area contributed by atoms with Gasteiger partial charge in [-0.05, 0) is 36.1 Å². The lowest BCUT2D eigenvalue weighted by Gasteiger charge is -2.28. The Bertz CT molecular complexity index is 966. The van der Waals surface area contributed by atoms with Crippen molar-refractivity contribution >= 4 is 22.6 Å². The van der Waals surface area contributed by atoms with Crippen LogP contribution in [0.1, 0.15) is 19.4 Å². The van der Waals surface area contributed by atoms with Crippen molar-refractivity contribution in [2.75, 3.05) is 10.8 Å². The molecule has 2 unspecified atom stereocenters. The second-order valence-corrected chi connectivity index (χ2v) is 8.24. The maximum atomic E-state index is 13.4. The van der Waals surface area contributed by atoms with Gasteiger partial charge in [0.25, 0.3) is 0 Å². The van der Waals surface area contributed by atoms with Crippen LogP contribution in [0, 0.1) is 17.8 Å². The highest BCUT2D eigenvalue weighted by Crippen LogP contribution is 2.39. The molecular formula is C21H20F3NO4S. The smallest absolute Gasteiger partial charge is 0.433 e. The van der Waals surface area contributed by atoms with Gasteiger partial charge in [-0.25, -0.2) is 9.00 Å². The van der Waals surface area contributed by atoms with Crippen molar-refractivity contribution in [3.05, 3.63) is 60.2 Å². The van der Waals surface area contributed by atoms with Crippen molar-refractivity contribution in [2.24, 2.45) is 5.92 Å². The molecule has 0 aliphatic carbocycles. The number of carboxylic acids is 1. The molecule has 2 N–H and O–H groups in total. The van der Waals surface area contributed by atoms with Crippen molar-refractivity contribution in [2.45, 2.75) is 30.5 Å². The van der Waals surface area contributed by atoms with Gasteiger partial charge in [-0.1, -0.05) is 44.2 Å². The summed E-state index contributed by atoms with van der Waals surface area (Å²) in [5.41, 5.74) is -3.90. The molecule has 160 valence electrons. The molecule has 2 atom stereocenters. The summed E-state index contributed by atoms with van der Waals surface area (Å²) in [5.74, 6) is 1.03. The fraction of sp³-hybridized carbons (Fsp3) is 0.286. The molecular weight excluding hydrogens is 419 g/mol. The molecule has 0 saturated heterocycles. The normalized spacial score (nSPS) is 14.4. The van der Waals surface area contributed by atoms with Crippen LogP contribution in [0.5, 0.6) is 0 Å². The van der Waals surface area contributed by atoms with Gasteiger partial charge in [0, 0.05) is 23.7 Å². The Labute approximate surface area is 174 Å². The van der Waals surface area contributed by atoms with E-state index < -0.39 is 34.3 Å². The number of hydrogen-bond acceptors (Lipinski definition) is 3. The zero-order valence-electron chi connectivity index (χ0n) is 16.2. The van der Waals surface area contributed by atoms with Crippen molar-refractivity contribution < 1.29 is 32.4 Å². The van der Waals surface area contributed by atoms with E-state index in [0.717, 1.165) is 12.1 Å². The van der Waals surface area contributed by atoms with Crippen LogP contribution in [0.15, 0.2) is 59.5 Å². The monoisotopic (exact) mass is 439 g/mol. The van der Waals surface area contributed by atoms with E-state index in [4.69, 9.17) is 5.11 Å². The van der Waals surface area contributed by atoms with Gasteiger partial charge < -0.3 is 10.2 Å². The van der Waals surface area contributed by atoms with Gasteiger partial charge in [0.15, 0.2) is 11.0 Å². The Morgan fingerprint density at radius 1 is 1.10 bits per heavy atom. The van der Waals surface area contributed by atoms with Gasteiger partial charge in [-0.15, -0.1) is 0 Å². The van der Waals surface area contributed by atoms with Gasteiger partial charge in [0.2, 0.25) is 5.60 Å². The zero-order chi connectivity index (χ0) is 22.5. The lowest BCUT2D eigenvalue weighted by Crippen LogP contribution is -2.41. The highest BCUT2D eigenvalue weighted by atomic mass is 32.2. The van der Waals surface area contributed by atoms with Crippen LogP contribution in [-0.4, -0.2) is 33.1 Å². The van der Waals surface area contributed by atoms with E-state index in [2.05, 4.69) is 0 Å². The number of halogens is 3. The van der Waals surface area contributed by atoms with Crippen LogP contribution in [0.25, 0.3) is 0 Å². The number of benzene rings is 2. The molecule has 0 heterocycles. The summed E-state index contributed by atoms with van der Waals surface area (Å²) in [7, 11) is -1.60. The first kappa shape index (κ1) is 23.4. The molecule has 0 saturated carbocycles. The zero-order valence-corrected chi connectivity index (χ0v) is 17.0. The molecule has 2 rings (SSSR count). The standard InChI is InChI=1S/C21H20F3NO4S/c1-15(2)14-25(30(29)18-6-4-3-5-7-18)17-10-8-16(9-11-17)20(28,21(22,23)24)13-12-19(26)27/h3-11,15,28H,14H2,1-2H3,(H,26,27). The molecule has 2 aromatic rings. The van der Waals surface area contributed by atoms with E-state index in [1.807, 2.05) is 13.8 Å². The second kappa shape index (κ2) is 9.32. The van der Waals surface area contributed by atoms with Gasteiger partial charge in [-0.3, -0.25) is 4.31 Å². The van der Waals surface area contributed by atoms with Crippen LogP contribution < -0.4 is 4.31 Å². The molecule has 0 fully saturated rings. The molecule has 30 heavy (non-hydrogen) atoms. The molecule has 0 amide bonds. The first-order valence-corrected chi connectivity index (χ1v) is 9.96. The summed E-state index contributed by atoms with van der Waals surface area (Å²) < 4.78 is 54.8.